The maximum atomic E-state index is 12.8. The Bertz CT molecular complexity index is 1270. The van der Waals surface area contributed by atoms with Gasteiger partial charge in [-0.2, -0.15) is 5.10 Å². The zero-order valence-corrected chi connectivity index (χ0v) is 17.5. The Morgan fingerprint density at radius 3 is 2.97 bits per heavy atom. The Labute approximate surface area is 178 Å². The van der Waals surface area contributed by atoms with E-state index in [0.29, 0.717) is 37.4 Å². The fourth-order valence-corrected chi connectivity index (χ4v) is 3.44. The van der Waals surface area contributed by atoms with Crippen molar-refractivity contribution in [2.24, 2.45) is 0 Å². The predicted molar refractivity (Wildman–Crippen MR) is 117 cm³/mol. The van der Waals surface area contributed by atoms with Crippen LogP contribution in [-0.2, 0) is 11.3 Å². The number of aryl methyl sites for hydroxylation is 1. The van der Waals surface area contributed by atoms with Crippen molar-refractivity contribution in [2.45, 2.75) is 26.3 Å². The maximum absolute atomic E-state index is 12.8. The number of nitrogens with zero attached hydrogens (tertiary/aromatic N) is 4. The van der Waals surface area contributed by atoms with Gasteiger partial charge < -0.3 is 15.0 Å². The topological polar surface area (TPSA) is 107 Å². The lowest BCUT2D eigenvalue weighted by Gasteiger charge is -2.08. The Morgan fingerprint density at radius 2 is 2.16 bits per heavy atom. The van der Waals surface area contributed by atoms with Crippen LogP contribution in [0.2, 0.25) is 0 Å². The van der Waals surface area contributed by atoms with Crippen molar-refractivity contribution < 1.29 is 9.53 Å². The normalized spacial score (nSPS) is 11.0. The second kappa shape index (κ2) is 8.86. The lowest BCUT2D eigenvalue weighted by Crippen LogP contribution is -2.17. The van der Waals surface area contributed by atoms with Crippen LogP contribution in [-0.4, -0.2) is 43.9 Å². The smallest absolute Gasteiger partial charge is 0.259 e. The van der Waals surface area contributed by atoms with Crippen molar-refractivity contribution in [3.63, 3.8) is 0 Å². The molecule has 9 nitrogen and oxygen atoms in total. The monoisotopic (exact) mass is 420 g/mol. The van der Waals surface area contributed by atoms with Crippen molar-refractivity contribution in [3.05, 3.63) is 59.4 Å². The van der Waals surface area contributed by atoms with E-state index in [4.69, 9.17) is 4.74 Å². The predicted octanol–water partition coefficient (Wildman–Crippen LogP) is 2.50. The van der Waals surface area contributed by atoms with Gasteiger partial charge >= 0.3 is 0 Å². The van der Waals surface area contributed by atoms with Crippen molar-refractivity contribution in [2.75, 3.05) is 13.7 Å². The third-order valence-corrected chi connectivity index (χ3v) is 4.98. The number of hydrogen-bond acceptors (Lipinski definition) is 5. The van der Waals surface area contributed by atoms with Crippen LogP contribution in [0.3, 0.4) is 0 Å². The molecule has 4 rings (SSSR count). The quantitative estimate of drug-likeness (QED) is 0.455. The van der Waals surface area contributed by atoms with Crippen molar-refractivity contribution in [3.8, 4) is 22.8 Å². The number of fused-ring (bicyclic) bond motifs is 1. The van der Waals surface area contributed by atoms with Crippen LogP contribution in [0.25, 0.3) is 28.0 Å². The lowest BCUT2D eigenvalue weighted by molar-refractivity contribution is -0.120. The van der Waals surface area contributed by atoms with Crippen LogP contribution in [0.1, 0.15) is 19.8 Å². The Hall–Kier alpha value is -3.88. The fourth-order valence-electron chi connectivity index (χ4n) is 3.44. The van der Waals surface area contributed by atoms with Gasteiger partial charge in [-0.3, -0.25) is 18.8 Å². The molecule has 0 aliphatic heterocycles. The van der Waals surface area contributed by atoms with Gasteiger partial charge in [-0.15, -0.1) is 0 Å². The second-order valence-electron chi connectivity index (χ2n) is 7.05. The summed E-state index contributed by atoms with van der Waals surface area (Å²) in [5.74, 6) is 1.27. The first-order valence-electron chi connectivity index (χ1n) is 10.2. The van der Waals surface area contributed by atoms with Gasteiger partial charge in [0.2, 0.25) is 5.91 Å². The molecule has 0 aliphatic carbocycles. The Kier molecular flexibility index (Phi) is 5.83. The van der Waals surface area contributed by atoms with Crippen LogP contribution in [0, 0.1) is 0 Å². The lowest BCUT2D eigenvalue weighted by atomic mass is 10.1. The van der Waals surface area contributed by atoms with Crippen LogP contribution in [0.4, 0.5) is 0 Å². The van der Waals surface area contributed by atoms with Gasteiger partial charge in [-0.05, 0) is 37.6 Å². The third kappa shape index (κ3) is 4.35. The molecule has 1 amide bonds. The van der Waals surface area contributed by atoms with Gasteiger partial charge in [0.05, 0.1) is 24.1 Å². The molecule has 0 bridgehead atoms. The summed E-state index contributed by atoms with van der Waals surface area (Å²) in [6.45, 7) is 3.12. The summed E-state index contributed by atoms with van der Waals surface area (Å²) in [5, 5.41) is 7.84. The highest BCUT2D eigenvalue weighted by molar-refractivity contribution is 5.84. The molecule has 1 aromatic carbocycles. The van der Waals surface area contributed by atoms with Crippen LogP contribution >= 0.6 is 0 Å². The number of hydrogen-bond donors (Lipinski definition) is 2. The molecule has 4 aromatic rings. The number of amides is 1. The molecule has 2 N–H and O–H groups in total. The third-order valence-electron chi connectivity index (χ3n) is 4.98. The Balaban J connectivity index is 1.64. The molecule has 0 aliphatic rings. The van der Waals surface area contributed by atoms with Crippen LogP contribution < -0.4 is 15.6 Å². The van der Waals surface area contributed by atoms with E-state index in [1.54, 1.807) is 30.3 Å². The average Bonchev–Trinajstić information content (AvgIpc) is 3.43. The molecule has 0 fully saturated rings. The van der Waals surface area contributed by atoms with E-state index in [1.807, 2.05) is 42.0 Å². The summed E-state index contributed by atoms with van der Waals surface area (Å²) < 4.78 is 9.18. The summed E-state index contributed by atoms with van der Waals surface area (Å²) in [6, 6.07) is 7.39. The first kappa shape index (κ1) is 20.4. The highest BCUT2D eigenvalue weighted by atomic mass is 16.5. The van der Waals surface area contributed by atoms with E-state index in [2.05, 4.69) is 20.4 Å². The molecule has 3 heterocycles. The molecule has 0 radical (unpaired) electrons. The number of ether oxygens (including phenoxy) is 1. The van der Waals surface area contributed by atoms with Gasteiger partial charge in [-0.1, -0.05) is 0 Å². The minimum absolute atomic E-state index is 0.00676. The largest absolute Gasteiger partial charge is 0.494 e. The minimum Gasteiger partial charge on any atom is -0.494 e. The highest BCUT2D eigenvalue weighted by Crippen LogP contribution is 2.24. The van der Waals surface area contributed by atoms with Crippen LogP contribution in [0.5, 0.6) is 5.75 Å². The number of rotatable bonds is 8. The van der Waals surface area contributed by atoms with E-state index >= 15 is 0 Å². The molecular weight excluding hydrogens is 396 g/mol. The standard InChI is InChI=1S/C22H24N6O3/c1-3-31-17-6-7-19-15(11-17)12-18(22(30)26-19)21-24-8-10-28(21)16-13-25-27(14-16)9-4-5-20(29)23-2/h6-8,10-14H,3-5,9H2,1-2H3,(H,23,29)(H,26,30). The average molecular weight is 420 g/mol. The second-order valence-corrected chi connectivity index (χ2v) is 7.05. The number of nitrogens with one attached hydrogen (secondary N) is 2. The molecular formula is C22H24N6O3. The van der Waals surface area contributed by atoms with E-state index in [9.17, 15) is 9.59 Å². The zero-order chi connectivity index (χ0) is 21.8. The number of carbonyl (C=O) groups is 1. The van der Waals surface area contributed by atoms with Gasteiger partial charge in [-0.25, -0.2) is 4.98 Å². The molecule has 0 unspecified atom stereocenters. The summed E-state index contributed by atoms with van der Waals surface area (Å²) in [5.41, 5.74) is 1.76. The molecule has 0 saturated carbocycles. The van der Waals surface area contributed by atoms with Gasteiger partial charge in [0.25, 0.3) is 5.56 Å². The van der Waals surface area contributed by atoms with E-state index in [-0.39, 0.29) is 11.5 Å². The number of pyridine rings is 1. The van der Waals surface area contributed by atoms with Crippen molar-refractivity contribution in [1.82, 2.24) is 29.6 Å². The number of imidazole rings is 1. The first-order chi connectivity index (χ1) is 15.1. The van der Waals surface area contributed by atoms with E-state index in [0.717, 1.165) is 22.3 Å². The van der Waals surface area contributed by atoms with Crippen molar-refractivity contribution >= 4 is 16.8 Å². The van der Waals surface area contributed by atoms with E-state index < -0.39 is 0 Å². The van der Waals surface area contributed by atoms with Gasteiger partial charge in [0.15, 0.2) is 0 Å². The van der Waals surface area contributed by atoms with Crippen LogP contribution in [0.15, 0.2) is 53.8 Å². The van der Waals surface area contributed by atoms with Crippen molar-refractivity contribution in [1.29, 1.82) is 0 Å². The fraction of sp³-hybridized carbons (Fsp3) is 0.273. The summed E-state index contributed by atoms with van der Waals surface area (Å²) in [4.78, 5) is 31.5. The molecule has 160 valence electrons. The number of carbonyl (C=O) groups excluding carboxylic acids is 1. The molecule has 0 spiro atoms. The number of aromatic nitrogens is 5. The van der Waals surface area contributed by atoms with E-state index in [1.165, 1.54) is 0 Å². The molecule has 31 heavy (non-hydrogen) atoms. The molecule has 3 aromatic heterocycles. The molecule has 0 saturated heterocycles. The number of benzene rings is 1. The molecule has 9 heteroatoms. The van der Waals surface area contributed by atoms with Gasteiger partial charge in [0, 0.05) is 49.5 Å². The SMILES string of the molecule is CCOc1ccc2[nH]c(=O)c(-c3nccn3-c3cnn(CCCC(=O)NC)c3)cc2c1. The summed E-state index contributed by atoms with van der Waals surface area (Å²) in [6.07, 6.45) is 8.16. The zero-order valence-electron chi connectivity index (χ0n) is 17.5. The number of aromatic amines is 1. The molecule has 0 atom stereocenters. The number of H-pyrrole nitrogens is 1. The van der Waals surface area contributed by atoms with Gasteiger partial charge in [0.1, 0.15) is 11.6 Å². The summed E-state index contributed by atoms with van der Waals surface area (Å²) in [7, 11) is 1.63. The Morgan fingerprint density at radius 1 is 1.29 bits per heavy atom. The summed E-state index contributed by atoms with van der Waals surface area (Å²) >= 11 is 0. The highest BCUT2D eigenvalue weighted by Gasteiger charge is 2.14. The first-order valence-corrected chi connectivity index (χ1v) is 10.2. The maximum Gasteiger partial charge on any atom is 0.259 e. The minimum atomic E-state index is -0.220.